The predicted octanol–water partition coefficient (Wildman–Crippen LogP) is 2.62. The van der Waals surface area contributed by atoms with Crippen molar-refractivity contribution >= 4 is 0 Å². The lowest BCUT2D eigenvalue weighted by molar-refractivity contribution is -0.143. The standard InChI is InChI=1S/C14H19F3N2O2/c1-2-21-10(20)8-19-9-4-3-5-13(6-7-13)11(9)12(18-19)14(15,16)17/h10,20H,2-8H2,1H3. The van der Waals surface area contributed by atoms with E-state index >= 15 is 0 Å². The van der Waals surface area contributed by atoms with Crippen molar-refractivity contribution in [1.82, 2.24) is 9.78 Å². The van der Waals surface area contributed by atoms with Gasteiger partial charge in [-0.25, -0.2) is 0 Å². The number of nitrogens with zero attached hydrogens (tertiary/aromatic N) is 2. The summed E-state index contributed by atoms with van der Waals surface area (Å²) < 4.78 is 46.1. The van der Waals surface area contributed by atoms with Crippen molar-refractivity contribution in [3.05, 3.63) is 17.0 Å². The first-order chi connectivity index (χ1) is 9.87. The molecule has 1 N–H and O–H groups in total. The summed E-state index contributed by atoms with van der Waals surface area (Å²) in [6.45, 7) is 1.98. The lowest BCUT2D eigenvalue weighted by atomic mass is 9.82. The van der Waals surface area contributed by atoms with Crippen molar-refractivity contribution in [1.29, 1.82) is 0 Å². The average molecular weight is 304 g/mol. The zero-order valence-corrected chi connectivity index (χ0v) is 11.9. The molecule has 2 aliphatic carbocycles. The summed E-state index contributed by atoms with van der Waals surface area (Å²) in [5.41, 5.74) is -0.0686. The monoisotopic (exact) mass is 304 g/mol. The molecule has 4 nitrogen and oxygen atoms in total. The van der Waals surface area contributed by atoms with Gasteiger partial charge >= 0.3 is 6.18 Å². The fourth-order valence-electron chi connectivity index (χ4n) is 3.42. The minimum atomic E-state index is -4.45. The van der Waals surface area contributed by atoms with Crippen molar-refractivity contribution in [2.45, 2.75) is 63.5 Å². The van der Waals surface area contributed by atoms with E-state index in [9.17, 15) is 18.3 Å². The van der Waals surface area contributed by atoms with Gasteiger partial charge in [0.15, 0.2) is 12.0 Å². The van der Waals surface area contributed by atoms with E-state index in [4.69, 9.17) is 4.74 Å². The molecule has 1 aromatic heterocycles. The first-order valence-electron chi connectivity index (χ1n) is 7.34. The molecule has 2 aliphatic rings. The minimum Gasteiger partial charge on any atom is -0.366 e. The predicted molar refractivity (Wildman–Crippen MR) is 68.7 cm³/mol. The Morgan fingerprint density at radius 3 is 2.67 bits per heavy atom. The van der Waals surface area contributed by atoms with Gasteiger partial charge in [-0.15, -0.1) is 0 Å². The molecule has 0 saturated heterocycles. The van der Waals surface area contributed by atoms with Crippen LogP contribution in [0, 0.1) is 0 Å². The third kappa shape index (κ3) is 2.57. The van der Waals surface area contributed by atoms with Gasteiger partial charge in [0.1, 0.15) is 0 Å². The Labute approximate surface area is 120 Å². The van der Waals surface area contributed by atoms with Gasteiger partial charge < -0.3 is 9.84 Å². The first-order valence-corrected chi connectivity index (χ1v) is 7.34. The lowest BCUT2D eigenvalue weighted by Gasteiger charge is -2.24. The van der Waals surface area contributed by atoms with E-state index in [1.54, 1.807) is 6.92 Å². The number of rotatable bonds is 4. The third-order valence-corrected chi connectivity index (χ3v) is 4.47. The third-order valence-electron chi connectivity index (χ3n) is 4.47. The molecule has 1 fully saturated rings. The smallest absolute Gasteiger partial charge is 0.366 e. The van der Waals surface area contributed by atoms with E-state index in [1.807, 2.05) is 0 Å². The van der Waals surface area contributed by atoms with Crippen LogP contribution in [0.2, 0.25) is 0 Å². The number of ether oxygens (including phenoxy) is 1. The van der Waals surface area contributed by atoms with E-state index in [-0.39, 0.29) is 12.0 Å². The molecule has 1 heterocycles. The van der Waals surface area contributed by atoms with Crippen LogP contribution in [0.3, 0.4) is 0 Å². The zero-order valence-electron chi connectivity index (χ0n) is 11.9. The van der Waals surface area contributed by atoms with Crippen LogP contribution >= 0.6 is 0 Å². The highest BCUT2D eigenvalue weighted by Crippen LogP contribution is 2.58. The minimum absolute atomic E-state index is 0.0532. The van der Waals surface area contributed by atoms with Crippen LogP contribution < -0.4 is 0 Å². The highest BCUT2D eigenvalue weighted by atomic mass is 19.4. The number of aliphatic hydroxyl groups excluding tert-OH is 1. The van der Waals surface area contributed by atoms with Crippen LogP contribution in [0.1, 0.15) is 49.6 Å². The number of fused-ring (bicyclic) bond motifs is 2. The molecule has 1 saturated carbocycles. The summed E-state index contributed by atoms with van der Waals surface area (Å²) in [7, 11) is 0. The van der Waals surface area contributed by atoms with Crippen LogP contribution in [-0.2, 0) is 29.3 Å². The van der Waals surface area contributed by atoms with Crippen molar-refractivity contribution in [2.75, 3.05) is 6.61 Å². The zero-order chi connectivity index (χ0) is 15.3. The molecular formula is C14H19F3N2O2. The van der Waals surface area contributed by atoms with Crippen molar-refractivity contribution in [3.8, 4) is 0 Å². The number of halogens is 3. The molecule has 1 unspecified atom stereocenters. The first kappa shape index (κ1) is 14.8. The van der Waals surface area contributed by atoms with Gasteiger partial charge in [0.2, 0.25) is 0 Å². The Morgan fingerprint density at radius 2 is 2.10 bits per heavy atom. The lowest BCUT2D eigenvalue weighted by Crippen LogP contribution is -2.24. The second kappa shape index (κ2) is 4.98. The van der Waals surface area contributed by atoms with Crippen LogP contribution in [0.4, 0.5) is 13.2 Å². The second-order valence-corrected chi connectivity index (χ2v) is 5.89. The van der Waals surface area contributed by atoms with Gasteiger partial charge in [-0.3, -0.25) is 4.68 Å². The summed E-state index contributed by atoms with van der Waals surface area (Å²) in [4.78, 5) is 0. The van der Waals surface area contributed by atoms with Crippen molar-refractivity contribution in [3.63, 3.8) is 0 Å². The number of hydrogen-bond donors (Lipinski definition) is 1. The summed E-state index contributed by atoms with van der Waals surface area (Å²) in [6, 6.07) is 0. The Bertz CT molecular complexity index is 535. The maximum absolute atomic E-state index is 13.3. The normalized spacial score (nSPS) is 21.4. The van der Waals surface area contributed by atoms with E-state index in [2.05, 4.69) is 5.10 Å². The van der Waals surface area contributed by atoms with Gasteiger partial charge in [-0.05, 0) is 44.4 Å². The summed E-state index contributed by atoms with van der Waals surface area (Å²) >= 11 is 0. The second-order valence-electron chi connectivity index (χ2n) is 5.89. The van der Waals surface area contributed by atoms with Gasteiger partial charge in [0.05, 0.1) is 6.54 Å². The van der Waals surface area contributed by atoms with Gasteiger partial charge in [0.25, 0.3) is 0 Å². The summed E-state index contributed by atoms with van der Waals surface area (Å²) in [6.07, 6.45) is -1.69. The highest BCUT2D eigenvalue weighted by molar-refractivity contribution is 5.42. The van der Waals surface area contributed by atoms with E-state index in [0.717, 1.165) is 25.7 Å². The quantitative estimate of drug-likeness (QED) is 0.870. The number of aromatic nitrogens is 2. The van der Waals surface area contributed by atoms with Crippen LogP contribution in [0.25, 0.3) is 0 Å². The van der Waals surface area contributed by atoms with Crippen molar-refractivity contribution < 1.29 is 23.0 Å². The van der Waals surface area contributed by atoms with E-state index < -0.39 is 18.2 Å². The topological polar surface area (TPSA) is 47.3 Å². The van der Waals surface area contributed by atoms with Gasteiger partial charge in [-0.1, -0.05) is 0 Å². The van der Waals surface area contributed by atoms with Crippen LogP contribution in [0.15, 0.2) is 0 Å². The van der Waals surface area contributed by atoms with Gasteiger partial charge in [-0.2, -0.15) is 18.3 Å². The molecule has 0 bridgehead atoms. The van der Waals surface area contributed by atoms with Gasteiger partial charge in [0, 0.05) is 17.9 Å². The molecule has 7 heteroatoms. The molecule has 118 valence electrons. The van der Waals surface area contributed by atoms with E-state index in [0.29, 0.717) is 24.3 Å². The molecule has 0 radical (unpaired) electrons. The molecular weight excluding hydrogens is 285 g/mol. The highest BCUT2D eigenvalue weighted by Gasteiger charge is 2.54. The molecule has 1 spiro atoms. The molecule has 21 heavy (non-hydrogen) atoms. The number of hydrogen-bond acceptors (Lipinski definition) is 3. The molecule has 0 aromatic carbocycles. The fourth-order valence-corrected chi connectivity index (χ4v) is 3.42. The number of aliphatic hydroxyl groups is 1. The van der Waals surface area contributed by atoms with Crippen LogP contribution in [0.5, 0.6) is 0 Å². The Morgan fingerprint density at radius 1 is 1.38 bits per heavy atom. The average Bonchev–Trinajstić information content (AvgIpc) is 3.03. The summed E-state index contributed by atoms with van der Waals surface area (Å²) in [5.74, 6) is 0. The van der Waals surface area contributed by atoms with Crippen molar-refractivity contribution in [2.24, 2.45) is 0 Å². The van der Waals surface area contributed by atoms with Crippen LogP contribution in [-0.4, -0.2) is 27.8 Å². The molecule has 0 aliphatic heterocycles. The van der Waals surface area contributed by atoms with E-state index in [1.165, 1.54) is 4.68 Å². The Hall–Kier alpha value is -1.08. The number of alkyl halides is 3. The molecule has 0 amide bonds. The summed E-state index contributed by atoms with van der Waals surface area (Å²) in [5, 5.41) is 13.5. The Kier molecular flexibility index (Phi) is 3.52. The maximum atomic E-state index is 13.3. The Balaban J connectivity index is 2.01. The largest absolute Gasteiger partial charge is 0.435 e. The fraction of sp³-hybridized carbons (Fsp3) is 0.786. The molecule has 3 rings (SSSR count). The maximum Gasteiger partial charge on any atom is 0.435 e. The molecule has 1 aromatic rings. The molecule has 1 atom stereocenters. The SMILES string of the molecule is CCOC(O)Cn1nc(C(F)(F)F)c2c1CCCC21CC1.